The van der Waals surface area contributed by atoms with Gasteiger partial charge in [0.05, 0.1) is 6.26 Å². The molecule has 1 aromatic heterocycles. The van der Waals surface area contributed by atoms with Crippen LogP contribution in [-0.4, -0.2) is 24.5 Å². The van der Waals surface area contributed by atoms with Crippen LogP contribution in [0, 0.1) is 5.92 Å². The van der Waals surface area contributed by atoms with E-state index in [1.54, 1.807) is 6.26 Å². The number of benzene rings is 1. The topological polar surface area (TPSA) is 54.3 Å². The minimum absolute atomic E-state index is 0.0284. The first-order valence-electron chi connectivity index (χ1n) is 6.81. The smallest absolute Gasteiger partial charge is 0.251 e. The van der Waals surface area contributed by atoms with Gasteiger partial charge in [-0.25, -0.2) is 0 Å². The third-order valence-electron chi connectivity index (χ3n) is 4.39. The van der Waals surface area contributed by atoms with Crippen LogP contribution in [0.5, 0.6) is 0 Å². The number of nitrogens with one attached hydrogen (secondary N) is 2. The predicted molar refractivity (Wildman–Crippen MR) is 72.0 cm³/mol. The zero-order valence-corrected chi connectivity index (χ0v) is 10.6. The Morgan fingerprint density at radius 1 is 1.32 bits per heavy atom. The van der Waals surface area contributed by atoms with Gasteiger partial charge in [0.15, 0.2) is 0 Å². The van der Waals surface area contributed by atoms with E-state index < -0.39 is 0 Å². The van der Waals surface area contributed by atoms with Gasteiger partial charge < -0.3 is 15.1 Å². The molecule has 19 heavy (non-hydrogen) atoms. The van der Waals surface area contributed by atoms with Crippen molar-refractivity contribution in [1.82, 2.24) is 10.6 Å². The molecule has 1 aromatic carbocycles. The van der Waals surface area contributed by atoms with Crippen molar-refractivity contribution >= 4 is 16.9 Å². The van der Waals surface area contributed by atoms with E-state index in [0.29, 0.717) is 23.6 Å². The van der Waals surface area contributed by atoms with Crippen molar-refractivity contribution in [2.24, 2.45) is 5.92 Å². The second kappa shape index (κ2) is 4.10. The van der Waals surface area contributed by atoms with E-state index in [4.69, 9.17) is 4.42 Å². The summed E-state index contributed by atoms with van der Waals surface area (Å²) in [6, 6.07) is 8.39. The summed E-state index contributed by atoms with van der Waals surface area (Å²) >= 11 is 0. The van der Waals surface area contributed by atoms with Gasteiger partial charge in [-0.15, -0.1) is 0 Å². The maximum absolute atomic E-state index is 12.3. The van der Waals surface area contributed by atoms with E-state index in [1.807, 2.05) is 24.3 Å². The zero-order valence-electron chi connectivity index (χ0n) is 10.6. The first-order chi connectivity index (χ1) is 9.29. The molecule has 1 saturated carbocycles. The molecule has 2 aromatic rings. The highest BCUT2D eigenvalue weighted by molar-refractivity contribution is 5.97. The first kappa shape index (κ1) is 11.1. The minimum Gasteiger partial charge on any atom is -0.464 e. The Labute approximate surface area is 111 Å². The molecule has 2 fully saturated rings. The molecule has 4 nitrogen and oxygen atoms in total. The SMILES string of the molecule is O=C(N[C@H]1C[C@H]2C[C@H]1CN2)c1ccc2occc2c1. The standard InChI is InChI=1S/C15H16N2O2/c18-15(17-13-7-12-6-11(13)8-16-12)10-1-2-14-9(5-10)3-4-19-14/h1-5,11-13,16H,6-8H2,(H,17,18)/t11-,12+,13-/m0/s1. The molecule has 1 aliphatic carbocycles. The number of carbonyl (C=O) groups is 1. The molecule has 0 radical (unpaired) electrons. The van der Waals surface area contributed by atoms with Crippen LogP contribution in [0.25, 0.3) is 11.0 Å². The number of amides is 1. The van der Waals surface area contributed by atoms with Crippen LogP contribution >= 0.6 is 0 Å². The summed E-state index contributed by atoms with van der Waals surface area (Å²) < 4.78 is 5.29. The van der Waals surface area contributed by atoms with E-state index in [-0.39, 0.29) is 5.91 Å². The molecular weight excluding hydrogens is 240 g/mol. The number of piperidine rings is 1. The Morgan fingerprint density at radius 3 is 3.05 bits per heavy atom. The summed E-state index contributed by atoms with van der Waals surface area (Å²) in [4.78, 5) is 12.3. The highest BCUT2D eigenvalue weighted by Crippen LogP contribution is 2.31. The molecule has 2 N–H and O–H groups in total. The van der Waals surface area contributed by atoms with E-state index in [2.05, 4.69) is 10.6 Å². The van der Waals surface area contributed by atoms with Gasteiger partial charge in [0, 0.05) is 29.6 Å². The largest absolute Gasteiger partial charge is 0.464 e. The van der Waals surface area contributed by atoms with Gasteiger partial charge in [-0.1, -0.05) is 0 Å². The highest BCUT2D eigenvalue weighted by Gasteiger charge is 2.40. The van der Waals surface area contributed by atoms with Crippen molar-refractivity contribution in [1.29, 1.82) is 0 Å². The normalized spacial score (nSPS) is 28.9. The zero-order chi connectivity index (χ0) is 12.8. The van der Waals surface area contributed by atoms with Gasteiger partial charge in [0.1, 0.15) is 5.58 Å². The van der Waals surface area contributed by atoms with Crippen LogP contribution in [0.15, 0.2) is 34.9 Å². The second-order valence-electron chi connectivity index (χ2n) is 5.59. The monoisotopic (exact) mass is 256 g/mol. The molecule has 2 heterocycles. The number of rotatable bonds is 2. The fourth-order valence-electron chi connectivity index (χ4n) is 3.37. The van der Waals surface area contributed by atoms with Crippen LogP contribution in [-0.2, 0) is 0 Å². The lowest BCUT2D eigenvalue weighted by atomic mass is 10.0. The maximum atomic E-state index is 12.3. The summed E-state index contributed by atoms with van der Waals surface area (Å²) in [5.74, 6) is 0.632. The van der Waals surface area contributed by atoms with Crippen LogP contribution in [0.4, 0.5) is 0 Å². The molecule has 3 atom stereocenters. The summed E-state index contributed by atoms with van der Waals surface area (Å²) in [7, 11) is 0. The highest BCUT2D eigenvalue weighted by atomic mass is 16.3. The van der Waals surface area contributed by atoms with E-state index in [1.165, 1.54) is 6.42 Å². The lowest BCUT2D eigenvalue weighted by Crippen LogP contribution is -2.44. The van der Waals surface area contributed by atoms with Crippen LogP contribution < -0.4 is 10.6 Å². The average molecular weight is 256 g/mol. The average Bonchev–Trinajstić information content (AvgIpc) is 3.13. The van der Waals surface area contributed by atoms with E-state index in [9.17, 15) is 4.79 Å². The Kier molecular flexibility index (Phi) is 2.38. The molecule has 1 saturated heterocycles. The van der Waals surface area contributed by atoms with E-state index >= 15 is 0 Å². The van der Waals surface area contributed by atoms with Gasteiger partial charge in [0.2, 0.25) is 0 Å². The number of fused-ring (bicyclic) bond motifs is 3. The molecule has 0 unspecified atom stereocenters. The number of hydrogen-bond donors (Lipinski definition) is 2. The third kappa shape index (κ3) is 1.83. The molecule has 98 valence electrons. The van der Waals surface area contributed by atoms with Crippen LogP contribution in [0.1, 0.15) is 23.2 Å². The van der Waals surface area contributed by atoms with Crippen molar-refractivity contribution in [3.8, 4) is 0 Å². The molecule has 4 heteroatoms. The summed E-state index contributed by atoms with van der Waals surface area (Å²) in [6.45, 7) is 1.04. The van der Waals surface area contributed by atoms with Crippen molar-refractivity contribution < 1.29 is 9.21 Å². The molecular formula is C15H16N2O2. The van der Waals surface area contributed by atoms with Gasteiger partial charge >= 0.3 is 0 Å². The Morgan fingerprint density at radius 2 is 2.26 bits per heavy atom. The Balaban J connectivity index is 1.53. The molecule has 4 rings (SSSR count). The molecule has 1 amide bonds. The predicted octanol–water partition coefficient (Wildman–Crippen LogP) is 1.91. The molecule has 0 spiro atoms. The van der Waals surface area contributed by atoms with E-state index in [0.717, 1.165) is 23.9 Å². The Bertz CT molecular complexity index is 634. The lowest BCUT2D eigenvalue weighted by molar-refractivity contribution is 0.0925. The van der Waals surface area contributed by atoms with Crippen LogP contribution in [0.2, 0.25) is 0 Å². The first-order valence-corrected chi connectivity index (χ1v) is 6.81. The molecule has 1 aliphatic heterocycles. The quantitative estimate of drug-likeness (QED) is 0.863. The number of furan rings is 1. The molecule has 2 bridgehead atoms. The van der Waals surface area contributed by atoms with Gasteiger partial charge in [-0.2, -0.15) is 0 Å². The number of carbonyl (C=O) groups excluding carboxylic acids is 1. The lowest BCUT2D eigenvalue weighted by Gasteiger charge is -2.23. The summed E-state index contributed by atoms with van der Waals surface area (Å²) in [5, 5.41) is 7.60. The van der Waals surface area contributed by atoms with Crippen molar-refractivity contribution in [2.45, 2.75) is 24.9 Å². The fourth-order valence-corrected chi connectivity index (χ4v) is 3.37. The van der Waals surface area contributed by atoms with Crippen LogP contribution in [0.3, 0.4) is 0 Å². The minimum atomic E-state index is 0.0284. The summed E-state index contributed by atoms with van der Waals surface area (Å²) in [5.41, 5.74) is 1.53. The fraction of sp³-hybridized carbons (Fsp3) is 0.400. The summed E-state index contributed by atoms with van der Waals surface area (Å²) in [6.07, 6.45) is 3.91. The Hall–Kier alpha value is -1.81. The van der Waals surface area contributed by atoms with Crippen molar-refractivity contribution in [3.63, 3.8) is 0 Å². The number of hydrogen-bond acceptors (Lipinski definition) is 3. The molecule has 2 aliphatic rings. The maximum Gasteiger partial charge on any atom is 0.251 e. The van der Waals surface area contributed by atoms with Gasteiger partial charge in [-0.05, 0) is 43.0 Å². The van der Waals surface area contributed by atoms with Crippen molar-refractivity contribution in [2.75, 3.05) is 6.54 Å². The second-order valence-corrected chi connectivity index (χ2v) is 5.59. The third-order valence-corrected chi connectivity index (χ3v) is 4.39. The van der Waals surface area contributed by atoms with Gasteiger partial charge in [-0.3, -0.25) is 4.79 Å². The van der Waals surface area contributed by atoms with Crippen molar-refractivity contribution in [3.05, 3.63) is 36.1 Å². The van der Waals surface area contributed by atoms with Gasteiger partial charge in [0.25, 0.3) is 5.91 Å².